The number of hydrogen-bond acceptors (Lipinski definition) is 4. The number of carbonyl (C=O) groups excluding carboxylic acids is 1. The Labute approximate surface area is 117 Å². The minimum Gasteiger partial charge on any atom is -0.480 e. The van der Waals surface area contributed by atoms with Gasteiger partial charge in [0.25, 0.3) is 5.91 Å². The summed E-state index contributed by atoms with van der Waals surface area (Å²) in [5.41, 5.74) is 0.162. The number of nitrogens with one attached hydrogen (secondary N) is 1. The first-order valence-corrected chi connectivity index (χ1v) is 6.96. The van der Waals surface area contributed by atoms with E-state index in [0.717, 1.165) is 11.1 Å². The van der Waals surface area contributed by atoms with E-state index in [4.69, 9.17) is 5.11 Å². The van der Waals surface area contributed by atoms with Crippen LogP contribution >= 0.6 is 0 Å². The highest BCUT2D eigenvalue weighted by Gasteiger charge is 2.22. The third kappa shape index (κ3) is 3.79. The van der Waals surface area contributed by atoms with E-state index in [0.29, 0.717) is 18.4 Å². The molecule has 0 radical (unpaired) electrons. The molecule has 1 aliphatic rings. The number of aliphatic carboxylic acids is 1. The molecule has 0 spiro atoms. The average molecular weight is 280 g/mol. The van der Waals surface area contributed by atoms with Gasteiger partial charge in [0.1, 0.15) is 6.54 Å². The molecular weight excluding hydrogens is 260 g/mol. The molecule has 2 N–H and O–H groups in total. The number of carbonyl (C=O) groups is 2. The lowest BCUT2D eigenvalue weighted by atomic mass is 9.80. The summed E-state index contributed by atoms with van der Waals surface area (Å²) in [7, 11) is 0. The second-order valence-electron chi connectivity index (χ2n) is 5.43. The van der Waals surface area contributed by atoms with Gasteiger partial charge in [-0.1, -0.05) is 31.4 Å². The van der Waals surface area contributed by atoms with E-state index in [1.165, 1.54) is 25.5 Å². The van der Waals surface area contributed by atoms with E-state index in [1.54, 1.807) is 0 Å². The number of carboxylic acid groups (broad SMARTS) is 1. The molecule has 1 saturated carbocycles. The fourth-order valence-corrected chi connectivity index (χ4v) is 2.63. The van der Waals surface area contributed by atoms with Crippen LogP contribution in [0.2, 0.25) is 0 Å². The smallest absolute Gasteiger partial charge is 0.325 e. The van der Waals surface area contributed by atoms with Crippen LogP contribution in [0, 0.1) is 11.8 Å². The largest absolute Gasteiger partial charge is 0.480 e. The average Bonchev–Trinajstić information content (AvgIpc) is 2.85. The normalized spacial score (nSPS) is 22.4. The molecule has 1 amide bonds. The van der Waals surface area contributed by atoms with Crippen LogP contribution in [0.3, 0.4) is 0 Å². The molecule has 2 unspecified atom stereocenters. The summed E-state index contributed by atoms with van der Waals surface area (Å²) >= 11 is 0. The zero-order valence-corrected chi connectivity index (χ0v) is 11.6. The van der Waals surface area contributed by atoms with Gasteiger partial charge in [-0.2, -0.15) is 0 Å². The maximum atomic E-state index is 11.9. The van der Waals surface area contributed by atoms with Crippen molar-refractivity contribution >= 4 is 11.9 Å². The zero-order chi connectivity index (χ0) is 14.5. The molecule has 2 rings (SSSR count). The predicted octanol–water partition coefficient (Wildman–Crippen LogP) is 0.919. The van der Waals surface area contributed by atoms with E-state index < -0.39 is 5.97 Å². The molecule has 7 heteroatoms. The van der Waals surface area contributed by atoms with E-state index in [-0.39, 0.29) is 18.1 Å². The number of rotatable bonds is 5. The molecular formula is C13H20N4O3. The monoisotopic (exact) mass is 280 g/mol. The number of amides is 1. The van der Waals surface area contributed by atoms with Crippen molar-refractivity contribution < 1.29 is 14.7 Å². The van der Waals surface area contributed by atoms with Gasteiger partial charge in [-0.25, -0.2) is 4.68 Å². The lowest BCUT2D eigenvalue weighted by Gasteiger charge is -2.28. The molecule has 1 heterocycles. The van der Waals surface area contributed by atoms with E-state index >= 15 is 0 Å². The molecule has 1 aromatic heterocycles. The molecule has 20 heavy (non-hydrogen) atoms. The summed E-state index contributed by atoms with van der Waals surface area (Å²) in [5, 5.41) is 18.8. The zero-order valence-electron chi connectivity index (χ0n) is 11.6. The van der Waals surface area contributed by atoms with Crippen molar-refractivity contribution in [3.05, 3.63) is 11.9 Å². The summed E-state index contributed by atoms with van der Waals surface area (Å²) in [4.78, 5) is 22.4. The third-order valence-electron chi connectivity index (χ3n) is 3.88. The lowest BCUT2D eigenvalue weighted by Crippen LogP contribution is -2.33. The minimum atomic E-state index is -1.02. The SMILES string of the molecule is CC1CCCCC1CNC(=O)c1cn(CC(=O)O)nn1. The van der Waals surface area contributed by atoms with Crippen molar-refractivity contribution in [2.24, 2.45) is 11.8 Å². The fourth-order valence-electron chi connectivity index (χ4n) is 2.63. The lowest BCUT2D eigenvalue weighted by molar-refractivity contribution is -0.137. The van der Waals surface area contributed by atoms with Crippen LogP contribution in [0.15, 0.2) is 6.20 Å². The number of nitrogens with zero attached hydrogens (tertiary/aromatic N) is 3. The number of carboxylic acids is 1. The van der Waals surface area contributed by atoms with Crippen LogP contribution in [0.25, 0.3) is 0 Å². The van der Waals surface area contributed by atoms with Gasteiger partial charge < -0.3 is 10.4 Å². The van der Waals surface area contributed by atoms with E-state index in [2.05, 4.69) is 22.6 Å². The highest BCUT2D eigenvalue weighted by molar-refractivity contribution is 5.91. The van der Waals surface area contributed by atoms with Crippen LogP contribution in [-0.2, 0) is 11.3 Å². The van der Waals surface area contributed by atoms with Gasteiger partial charge in [0.2, 0.25) is 0 Å². The van der Waals surface area contributed by atoms with Crippen LogP contribution in [0.1, 0.15) is 43.1 Å². The molecule has 0 saturated heterocycles. The van der Waals surface area contributed by atoms with Crippen LogP contribution in [0.5, 0.6) is 0 Å². The molecule has 0 aliphatic heterocycles. The van der Waals surface area contributed by atoms with Gasteiger partial charge in [-0.15, -0.1) is 5.10 Å². The Hall–Kier alpha value is -1.92. The molecule has 0 bridgehead atoms. The molecule has 2 atom stereocenters. The Balaban J connectivity index is 1.85. The number of hydrogen-bond donors (Lipinski definition) is 2. The van der Waals surface area contributed by atoms with Gasteiger partial charge in [-0.05, 0) is 18.3 Å². The first kappa shape index (κ1) is 14.5. The van der Waals surface area contributed by atoms with Crippen molar-refractivity contribution in [2.45, 2.75) is 39.2 Å². The van der Waals surface area contributed by atoms with Gasteiger partial charge in [0.15, 0.2) is 5.69 Å². The molecule has 1 aliphatic carbocycles. The highest BCUT2D eigenvalue weighted by Crippen LogP contribution is 2.28. The summed E-state index contributed by atoms with van der Waals surface area (Å²) in [6.07, 6.45) is 6.21. The van der Waals surface area contributed by atoms with Crippen LogP contribution < -0.4 is 5.32 Å². The van der Waals surface area contributed by atoms with Gasteiger partial charge in [0, 0.05) is 6.54 Å². The maximum Gasteiger partial charge on any atom is 0.325 e. The third-order valence-corrected chi connectivity index (χ3v) is 3.88. The van der Waals surface area contributed by atoms with Crippen LogP contribution in [0.4, 0.5) is 0 Å². The van der Waals surface area contributed by atoms with E-state index in [1.807, 2.05) is 0 Å². The van der Waals surface area contributed by atoms with Crippen molar-refractivity contribution in [1.29, 1.82) is 0 Å². The summed E-state index contributed by atoms with van der Waals surface area (Å²) < 4.78 is 1.14. The van der Waals surface area contributed by atoms with E-state index in [9.17, 15) is 9.59 Å². The molecule has 110 valence electrons. The molecule has 1 fully saturated rings. The molecule has 7 nitrogen and oxygen atoms in total. The Morgan fingerprint density at radius 1 is 1.45 bits per heavy atom. The molecule has 0 aromatic carbocycles. The minimum absolute atomic E-state index is 0.162. The highest BCUT2D eigenvalue weighted by atomic mass is 16.4. The van der Waals surface area contributed by atoms with Crippen molar-refractivity contribution in [1.82, 2.24) is 20.3 Å². The second-order valence-corrected chi connectivity index (χ2v) is 5.43. The van der Waals surface area contributed by atoms with Gasteiger partial charge in [0.05, 0.1) is 6.20 Å². The topological polar surface area (TPSA) is 97.1 Å². The first-order chi connectivity index (χ1) is 9.56. The maximum absolute atomic E-state index is 11.9. The first-order valence-electron chi connectivity index (χ1n) is 6.96. The van der Waals surface area contributed by atoms with Crippen molar-refractivity contribution in [3.8, 4) is 0 Å². The second kappa shape index (κ2) is 6.49. The Morgan fingerprint density at radius 2 is 2.20 bits per heavy atom. The summed E-state index contributed by atoms with van der Waals surface area (Å²) in [6.45, 7) is 2.57. The van der Waals surface area contributed by atoms with Gasteiger partial charge in [-0.3, -0.25) is 9.59 Å². The quantitative estimate of drug-likeness (QED) is 0.836. The van der Waals surface area contributed by atoms with Crippen molar-refractivity contribution in [2.75, 3.05) is 6.54 Å². The Morgan fingerprint density at radius 3 is 2.90 bits per heavy atom. The van der Waals surface area contributed by atoms with Crippen LogP contribution in [-0.4, -0.2) is 38.5 Å². The summed E-state index contributed by atoms with van der Waals surface area (Å²) in [6, 6.07) is 0. The molecule has 1 aromatic rings. The fraction of sp³-hybridized carbons (Fsp3) is 0.692. The summed E-state index contributed by atoms with van der Waals surface area (Å²) in [5.74, 6) is -0.161. The number of aromatic nitrogens is 3. The predicted molar refractivity (Wildman–Crippen MR) is 71.1 cm³/mol. The van der Waals surface area contributed by atoms with Gasteiger partial charge >= 0.3 is 5.97 Å². The Kier molecular flexibility index (Phi) is 4.70. The Bertz CT molecular complexity index is 486. The van der Waals surface area contributed by atoms with Crippen molar-refractivity contribution in [3.63, 3.8) is 0 Å². The standard InChI is InChI=1S/C13H20N4O3/c1-9-4-2-3-5-10(9)6-14-13(20)11-7-17(16-15-11)8-12(18)19/h7,9-10H,2-6,8H2,1H3,(H,14,20)(H,18,19).